The van der Waals surface area contributed by atoms with Crippen molar-refractivity contribution >= 4 is 25.7 Å². The minimum Gasteiger partial charge on any atom is -0.480 e. The van der Waals surface area contributed by atoms with Gasteiger partial charge in [0.15, 0.2) is 6.10 Å². The number of ether oxygens (including phenoxy) is 2. The van der Waals surface area contributed by atoms with Crippen molar-refractivity contribution in [3.63, 3.8) is 0 Å². The fraction of sp³-hybridized carbons (Fsp3) is 0.705. The number of hydrogen-bond acceptors (Lipinski definition) is 9. The number of phosphoric ester groups is 1. The monoisotopic (exact) mass is 810 g/mol. The predicted octanol–water partition coefficient (Wildman–Crippen LogP) is 11.2. The highest BCUT2D eigenvalue weighted by Gasteiger charge is 2.28. The maximum absolute atomic E-state index is 12.6. The summed E-state index contributed by atoms with van der Waals surface area (Å²) in [6, 6.07) is -1.53. The summed E-state index contributed by atoms with van der Waals surface area (Å²) in [7, 11) is -4.73. The van der Waals surface area contributed by atoms with Crippen molar-refractivity contribution in [1.82, 2.24) is 0 Å². The van der Waals surface area contributed by atoms with E-state index in [4.69, 9.17) is 24.8 Å². The molecule has 0 bridgehead atoms. The van der Waals surface area contributed by atoms with E-state index in [1.165, 1.54) is 70.6 Å². The van der Waals surface area contributed by atoms with Gasteiger partial charge >= 0.3 is 25.7 Å². The summed E-state index contributed by atoms with van der Waals surface area (Å²) in [6.07, 6.45) is 44.4. The van der Waals surface area contributed by atoms with Crippen LogP contribution in [0.5, 0.6) is 0 Å². The first-order chi connectivity index (χ1) is 27.1. The van der Waals surface area contributed by atoms with E-state index in [9.17, 15) is 23.8 Å². The fourth-order valence-corrected chi connectivity index (χ4v) is 6.12. The molecule has 0 spiro atoms. The van der Waals surface area contributed by atoms with Crippen molar-refractivity contribution in [3.05, 3.63) is 60.8 Å². The summed E-state index contributed by atoms with van der Waals surface area (Å²) in [5.74, 6) is -2.48. The number of carboxylic acids is 1. The first kappa shape index (κ1) is 53.2. The van der Waals surface area contributed by atoms with Gasteiger partial charge in [0, 0.05) is 12.8 Å². The second-order valence-corrected chi connectivity index (χ2v) is 15.6. The van der Waals surface area contributed by atoms with Crippen LogP contribution in [0.3, 0.4) is 0 Å². The number of nitrogens with two attached hydrogens (primary N) is 1. The Kier molecular flexibility index (Phi) is 37.1. The lowest BCUT2D eigenvalue weighted by molar-refractivity contribution is -0.161. The summed E-state index contributed by atoms with van der Waals surface area (Å²) >= 11 is 0. The molecule has 0 saturated carbocycles. The highest BCUT2D eigenvalue weighted by Crippen LogP contribution is 2.43. The lowest BCUT2D eigenvalue weighted by Gasteiger charge is -2.20. The zero-order valence-electron chi connectivity index (χ0n) is 34.7. The predicted molar refractivity (Wildman–Crippen MR) is 226 cm³/mol. The van der Waals surface area contributed by atoms with E-state index in [0.717, 1.165) is 51.4 Å². The number of unbranched alkanes of at least 4 members (excludes halogenated alkanes) is 15. The molecule has 0 heterocycles. The lowest BCUT2D eigenvalue weighted by Crippen LogP contribution is -2.34. The third-order valence-electron chi connectivity index (χ3n) is 8.74. The zero-order chi connectivity index (χ0) is 41.4. The van der Waals surface area contributed by atoms with Gasteiger partial charge in [-0.25, -0.2) is 4.57 Å². The third kappa shape index (κ3) is 38.1. The number of hydrogen-bond donors (Lipinski definition) is 3. The van der Waals surface area contributed by atoms with Crippen molar-refractivity contribution in [3.8, 4) is 0 Å². The average Bonchev–Trinajstić information content (AvgIpc) is 3.17. The number of phosphoric acid groups is 1. The molecule has 0 radical (unpaired) electrons. The van der Waals surface area contributed by atoms with Crippen molar-refractivity contribution < 1.29 is 47.5 Å². The van der Waals surface area contributed by atoms with Crippen LogP contribution in [-0.2, 0) is 37.5 Å². The molecule has 0 aliphatic heterocycles. The highest BCUT2D eigenvalue weighted by molar-refractivity contribution is 7.47. The molecule has 56 heavy (non-hydrogen) atoms. The van der Waals surface area contributed by atoms with Crippen LogP contribution in [-0.4, -0.2) is 59.9 Å². The van der Waals surface area contributed by atoms with Gasteiger partial charge in [-0.05, 0) is 77.0 Å². The van der Waals surface area contributed by atoms with E-state index in [-0.39, 0.29) is 19.4 Å². The number of esters is 2. The van der Waals surface area contributed by atoms with Gasteiger partial charge in [-0.15, -0.1) is 0 Å². The molecule has 4 N–H and O–H groups in total. The van der Waals surface area contributed by atoms with E-state index in [0.29, 0.717) is 19.3 Å². The Morgan fingerprint density at radius 1 is 0.554 bits per heavy atom. The molecule has 11 nitrogen and oxygen atoms in total. The normalized spacial score (nSPS) is 14.4. The molecule has 1 unspecified atom stereocenters. The maximum atomic E-state index is 12.6. The van der Waals surface area contributed by atoms with E-state index in [1.807, 2.05) is 12.2 Å². The smallest absolute Gasteiger partial charge is 0.472 e. The number of carbonyl (C=O) groups is 3. The molecule has 0 aromatic heterocycles. The Balaban J connectivity index is 4.51. The molecule has 12 heteroatoms. The molecule has 0 aliphatic carbocycles. The van der Waals surface area contributed by atoms with Gasteiger partial charge in [0.1, 0.15) is 12.6 Å². The summed E-state index contributed by atoms with van der Waals surface area (Å²) in [4.78, 5) is 45.9. The number of carbonyl (C=O) groups excluding carboxylic acids is 2. The van der Waals surface area contributed by atoms with Crippen LogP contribution in [0.2, 0.25) is 0 Å². The summed E-state index contributed by atoms with van der Waals surface area (Å²) in [5.41, 5.74) is 5.32. The van der Waals surface area contributed by atoms with E-state index in [2.05, 4.69) is 67.0 Å². The maximum Gasteiger partial charge on any atom is 0.472 e. The molecule has 3 atom stereocenters. The number of aliphatic carboxylic acids is 1. The van der Waals surface area contributed by atoms with E-state index >= 15 is 0 Å². The molecule has 322 valence electrons. The van der Waals surface area contributed by atoms with Gasteiger partial charge in [-0.2, -0.15) is 0 Å². The lowest BCUT2D eigenvalue weighted by atomic mass is 10.1. The second-order valence-electron chi connectivity index (χ2n) is 14.1. The minimum atomic E-state index is -4.73. The standard InChI is InChI=1S/C44H76NO10P/c1-3-5-7-9-11-13-15-17-19-20-22-24-26-28-30-32-34-36-43(47)55-40(38-53-56(50,51)54-39-41(45)44(48)49)37-52-42(46)35-33-31-29-27-25-23-21-18-16-14-12-10-8-6-4-2/h11,13,17,19,22-25,28,30,40-41H,3-10,12,14-16,18,20-21,26-27,29,31-39,45H2,1-2H3,(H,48,49)(H,50,51)/b13-11+,19-17+,24-22+,25-23+,30-28+/t40-,41+/m1/s1. The summed E-state index contributed by atoms with van der Waals surface area (Å²) < 4.78 is 32.6. The molecular weight excluding hydrogens is 733 g/mol. The average molecular weight is 810 g/mol. The molecule has 0 fully saturated rings. The van der Waals surface area contributed by atoms with Crippen LogP contribution in [0.1, 0.15) is 168 Å². The van der Waals surface area contributed by atoms with Crippen LogP contribution < -0.4 is 5.73 Å². The van der Waals surface area contributed by atoms with Crippen molar-refractivity contribution in [2.24, 2.45) is 5.73 Å². The van der Waals surface area contributed by atoms with Crippen LogP contribution in [0, 0.1) is 0 Å². The summed E-state index contributed by atoms with van der Waals surface area (Å²) in [5, 5.41) is 8.88. The largest absolute Gasteiger partial charge is 0.480 e. The van der Waals surface area contributed by atoms with Crippen LogP contribution >= 0.6 is 7.82 Å². The van der Waals surface area contributed by atoms with Gasteiger partial charge in [0.25, 0.3) is 0 Å². The topological polar surface area (TPSA) is 172 Å². The van der Waals surface area contributed by atoms with Gasteiger partial charge in [0.05, 0.1) is 13.2 Å². The Hall–Kier alpha value is -2.82. The highest BCUT2D eigenvalue weighted by atomic mass is 31.2. The number of allylic oxidation sites excluding steroid dienone is 10. The molecule has 0 saturated heterocycles. The molecule has 0 aromatic rings. The number of carboxylic acid groups (broad SMARTS) is 1. The Labute approximate surface area is 338 Å². The second kappa shape index (κ2) is 39.0. The molecule has 0 aliphatic rings. The SMILES string of the molecule is CCCCC/C=C/C/C=C/C/C=C/C/C=C/CCCC(=O)O[C@H](COC(=O)CCCCC/C=C/CCCCCCCCCC)COP(=O)(O)OC[C@H](N)C(=O)O. The van der Waals surface area contributed by atoms with Gasteiger partial charge < -0.3 is 25.2 Å². The first-order valence-corrected chi connectivity index (χ1v) is 22.8. The molecule has 0 amide bonds. The Bertz CT molecular complexity index is 1180. The van der Waals surface area contributed by atoms with Gasteiger partial charge in [-0.1, -0.05) is 139 Å². The molecule has 0 rings (SSSR count). The number of rotatable bonds is 39. The molecule has 0 aromatic carbocycles. The molecular formula is C44H76NO10P. The van der Waals surface area contributed by atoms with Gasteiger partial charge in [0.2, 0.25) is 0 Å². The third-order valence-corrected chi connectivity index (χ3v) is 9.69. The van der Waals surface area contributed by atoms with Crippen molar-refractivity contribution in [2.75, 3.05) is 19.8 Å². The van der Waals surface area contributed by atoms with Crippen LogP contribution in [0.25, 0.3) is 0 Å². The van der Waals surface area contributed by atoms with E-state index in [1.54, 1.807) is 0 Å². The quantitative estimate of drug-likeness (QED) is 0.0233. The van der Waals surface area contributed by atoms with Crippen LogP contribution in [0.15, 0.2) is 60.8 Å². The van der Waals surface area contributed by atoms with Crippen molar-refractivity contribution in [1.29, 1.82) is 0 Å². The fourth-order valence-electron chi connectivity index (χ4n) is 5.34. The first-order valence-electron chi connectivity index (χ1n) is 21.3. The zero-order valence-corrected chi connectivity index (χ0v) is 35.6. The van der Waals surface area contributed by atoms with E-state index < -0.39 is 51.1 Å². The van der Waals surface area contributed by atoms with Gasteiger partial charge in [-0.3, -0.25) is 23.4 Å². The summed E-state index contributed by atoms with van der Waals surface area (Å²) in [6.45, 7) is 2.69. The van der Waals surface area contributed by atoms with Crippen molar-refractivity contribution in [2.45, 2.75) is 180 Å². The van der Waals surface area contributed by atoms with Crippen LogP contribution in [0.4, 0.5) is 0 Å². The Morgan fingerprint density at radius 2 is 0.964 bits per heavy atom. The Morgan fingerprint density at radius 3 is 1.52 bits per heavy atom. The minimum absolute atomic E-state index is 0.0802.